The van der Waals surface area contributed by atoms with Crippen LogP contribution in [0.1, 0.15) is 21.6 Å². The van der Waals surface area contributed by atoms with E-state index < -0.39 is 23.2 Å². The van der Waals surface area contributed by atoms with E-state index in [2.05, 4.69) is 10.4 Å². The summed E-state index contributed by atoms with van der Waals surface area (Å²) in [7, 11) is 5.94. The van der Waals surface area contributed by atoms with Gasteiger partial charge in [-0.25, -0.2) is 8.78 Å². The molecular formula is C24H18BF2N3O2. The molecule has 0 spiro atoms. The third-order valence-electron chi connectivity index (χ3n) is 4.73. The zero-order chi connectivity index (χ0) is 22.5. The molecule has 0 aliphatic rings. The average Bonchev–Trinajstić information content (AvgIpc) is 3.25. The highest BCUT2D eigenvalue weighted by atomic mass is 19.1. The predicted octanol–water partition coefficient (Wildman–Crippen LogP) is 3.83. The van der Waals surface area contributed by atoms with E-state index in [0.717, 1.165) is 23.3 Å². The molecule has 2 radical (unpaired) electrons. The SMILES string of the molecule is [B]c1ccc(OCc2ccccc2)c(Cn2ccc(C(=O)Nc3c(F)cccc3F)n2)c1. The zero-order valence-electron chi connectivity index (χ0n) is 17.0. The molecule has 0 unspecified atom stereocenters. The maximum atomic E-state index is 13.8. The van der Waals surface area contributed by atoms with Crippen LogP contribution in [0.25, 0.3) is 0 Å². The van der Waals surface area contributed by atoms with Crippen LogP contribution in [0.4, 0.5) is 14.5 Å². The number of amides is 1. The Bertz CT molecular complexity index is 1220. The number of para-hydroxylation sites is 1. The largest absolute Gasteiger partial charge is 0.489 e. The van der Waals surface area contributed by atoms with E-state index in [4.69, 9.17) is 12.6 Å². The second kappa shape index (κ2) is 9.47. The number of nitrogens with one attached hydrogen (secondary N) is 1. The second-order valence-electron chi connectivity index (χ2n) is 7.09. The minimum Gasteiger partial charge on any atom is -0.489 e. The van der Waals surface area contributed by atoms with Crippen molar-refractivity contribution in [3.05, 3.63) is 107 Å². The number of anilines is 1. The molecule has 0 bridgehead atoms. The molecule has 0 aliphatic heterocycles. The molecule has 4 aromatic rings. The highest BCUT2D eigenvalue weighted by Crippen LogP contribution is 2.21. The fourth-order valence-electron chi connectivity index (χ4n) is 3.14. The molecule has 0 atom stereocenters. The number of rotatable bonds is 7. The Hall–Kier alpha value is -3.94. The van der Waals surface area contributed by atoms with Crippen LogP contribution in [0.3, 0.4) is 0 Å². The van der Waals surface area contributed by atoms with Crippen molar-refractivity contribution < 1.29 is 18.3 Å². The van der Waals surface area contributed by atoms with E-state index in [9.17, 15) is 13.6 Å². The van der Waals surface area contributed by atoms with Crippen molar-refractivity contribution in [2.75, 3.05) is 5.32 Å². The highest BCUT2D eigenvalue weighted by Gasteiger charge is 2.16. The van der Waals surface area contributed by atoms with Gasteiger partial charge in [-0.2, -0.15) is 5.10 Å². The van der Waals surface area contributed by atoms with Crippen LogP contribution in [0, 0.1) is 11.6 Å². The van der Waals surface area contributed by atoms with Crippen LogP contribution < -0.4 is 15.5 Å². The first-order valence-electron chi connectivity index (χ1n) is 9.83. The lowest BCUT2D eigenvalue weighted by atomic mass is 9.94. The summed E-state index contributed by atoms with van der Waals surface area (Å²) in [6.07, 6.45) is 1.59. The topological polar surface area (TPSA) is 56.1 Å². The van der Waals surface area contributed by atoms with Crippen molar-refractivity contribution in [3.63, 3.8) is 0 Å². The summed E-state index contributed by atoms with van der Waals surface area (Å²) in [5.41, 5.74) is 1.86. The number of ether oxygens (including phenoxy) is 1. The molecule has 1 N–H and O–H groups in total. The van der Waals surface area contributed by atoms with Gasteiger partial charge in [0.1, 0.15) is 37.5 Å². The standard InChI is InChI=1S/C24H18BF2N3O2/c25-18-9-10-22(32-15-16-5-2-1-3-6-16)17(13-18)14-30-12-11-21(29-30)24(31)28-23-19(26)7-4-8-20(23)27/h1-13H,14-15H2,(H,28,31). The fraction of sp³-hybridized carbons (Fsp3) is 0.0833. The summed E-state index contributed by atoms with van der Waals surface area (Å²) >= 11 is 0. The molecule has 32 heavy (non-hydrogen) atoms. The van der Waals surface area contributed by atoms with Gasteiger partial charge in [0.2, 0.25) is 0 Å². The smallest absolute Gasteiger partial charge is 0.276 e. The second-order valence-corrected chi connectivity index (χ2v) is 7.09. The maximum Gasteiger partial charge on any atom is 0.276 e. The predicted molar refractivity (Wildman–Crippen MR) is 118 cm³/mol. The molecule has 0 fully saturated rings. The van der Waals surface area contributed by atoms with Crippen LogP contribution in [-0.2, 0) is 13.2 Å². The fourth-order valence-corrected chi connectivity index (χ4v) is 3.14. The number of carbonyl (C=O) groups excluding carboxylic acids is 1. The molecule has 3 aromatic carbocycles. The number of nitrogens with zero attached hydrogens (tertiary/aromatic N) is 2. The molecule has 4 rings (SSSR count). The highest BCUT2D eigenvalue weighted by molar-refractivity contribution is 6.32. The Morgan fingerprint density at radius 2 is 1.75 bits per heavy atom. The number of hydrogen-bond acceptors (Lipinski definition) is 3. The summed E-state index contributed by atoms with van der Waals surface area (Å²) in [5.74, 6) is -1.81. The Kier molecular flexibility index (Phi) is 6.30. The van der Waals surface area contributed by atoms with Gasteiger partial charge in [0, 0.05) is 11.8 Å². The molecule has 0 saturated heterocycles. The van der Waals surface area contributed by atoms with Gasteiger partial charge in [-0.3, -0.25) is 9.48 Å². The Labute approximate surface area is 185 Å². The average molecular weight is 429 g/mol. The van der Waals surface area contributed by atoms with Crippen molar-refractivity contribution in [1.29, 1.82) is 0 Å². The third kappa shape index (κ3) is 5.03. The molecule has 0 saturated carbocycles. The Balaban J connectivity index is 1.48. The van der Waals surface area contributed by atoms with Gasteiger partial charge < -0.3 is 10.1 Å². The third-order valence-corrected chi connectivity index (χ3v) is 4.73. The minimum atomic E-state index is -0.863. The first kappa shape index (κ1) is 21.3. The van der Waals surface area contributed by atoms with Gasteiger partial charge in [-0.05, 0) is 29.8 Å². The van der Waals surface area contributed by atoms with Crippen LogP contribution in [-0.4, -0.2) is 23.5 Å². The van der Waals surface area contributed by atoms with Gasteiger partial charge in [-0.15, -0.1) is 0 Å². The lowest BCUT2D eigenvalue weighted by Crippen LogP contribution is -2.16. The van der Waals surface area contributed by atoms with E-state index in [1.54, 1.807) is 24.4 Å². The number of halogens is 2. The summed E-state index contributed by atoms with van der Waals surface area (Å²) in [6, 6.07) is 19.9. The normalized spacial score (nSPS) is 10.7. The van der Waals surface area contributed by atoms with Crippen LogP contribution in [0.2, 0.25) is 0 Å². The Morgan fingerprint density at radius 1 is 1.00 bits per heavy atom. The van der Waals surface area contributed by atoms with Crippen LogP contribution in [0.15, 0.2) is 79.0 Å². The lowest BCUT2D eigenvalue weighted by molar-refractivity contribution is 0.102. The summed E-state index contributed by atoms with van der Waals surface area (Å²) < 4.78 is 35.1. The quantitative estimate of drug-likeness (QED) is 0.455. The molecular weight excluding hydrogens is 411 g/mol. The van der Waals surface area contributed by atoms with Gasteiger partial charge in [0.25, 0.3) is 5.91 Å². The van der Waals surface area contributed by atoms with E-state index in [-0.39, 0.29) is 12.2 Å². The molecule has 0 aliphatic carbocycles. The monoisotopic (exact) mass is 429 g/mol. The van der Waals surface area contributed by atoms with E-state index in [1.165, 1.54) is 16.8 Å². The molecule has 5 nitrogen and oxygen atoms in total. The van der Waals surface area contributed by atoms with E-state index in [1.807, 2.05) is 30.3 Å². The van der Waals surface area contributed by atoms with Crippen LogP contribution >= 0.6 is 0 Å². The van der Waals surface area contributed by atoms with Gasteiger partial charge >= 0.3 is 0 Å². The molecule has 8 heteroatoms. The first-order valence-corrected chi connectivity index (χ1v) is 9.83. The summed E-state index contributed by atoms with van der Waals surface area (Å²) in [4.78, 5) is 12.4. The van der Waals surface area contributed by atoms with Crippen LogP contribution in [0.5, 0.6) is 5.75 Å². The molecule has 1 aromatic heterocycles. The Morgan fingerprint density at radius 3 is 2.50 bits per heavy atom. The lowest BCUT2D eigenvalue weighted by Gasteiger charge is -2.13. The number of benzene rings is 3. The van der Waals surface area contributed by atoms with Crippen molar-refractivity contribution in [3.8, 4) is 5.75 Å². The van der Waals surface area contributed by atoms with Crippen molar-refractivity contribution in [1.82, 2.24) is 9.78 Å². The summed E-state index contributed by atoms with van der Waals surface area (Å²) in [6.45, 7) is 0.676. The molecule has 158 valence electrons. The molecule has 1 heterocycles. The summed E-state index contributed by atoms with van der Waals surface area (Å²) in [5, 5.41) is 6.43. The number of aromatic nitrogens is 2. The van der Waals surface area contributed by atoms with Gasteiger partial charge in [0.05, 0.1) is 6.54 Å². The van der Waals surface area contributed by atoms with Crippen molar-refractivity contribution in [2.24, 2.45) is 0 Å². The number of carbonyl (C=O) groups is 1. The van der Waals surface area contributed by atoms with E-state index >= 15 is 0 Å². The first-order chi connectivity index (χ1) is 15.5. The molecule has 1 amide bonds. The van der Waals surface area contributed by atoms with Gasteiger partial charge in [0.15, 0.2) is 5.69 Å². The zero-order valence-corrected chi connectivity index (χ0v) is 17.0. The van der Waals surface area contributed by atoms with Crippen molar-refractivity contribution >= 4 is 24.9 Å². The van der Waals surface area contributed by atoms with Crippen molar-refractivity contribution in [2.45, 2.75) is 13.2 Å². The van der Waals surface area contributed by atoms with E-state index in [0.29, 0.717) is 17.8 Å². The van der Waals surface area contributed by atoms with Gasteiger partial charge in [-0.1, -0.05) is 54.0 Å². The number of hydrogen-bond donors (Lipinski definition) is 1. The maximum absolute atomic E-state index is 13.8. The minimum absolute atomic E-state index is 0.0170.